The Kier molecular flexibility index (Phi) is 5.55. The van der Waals surface area contributed by atoms with Crippen LogP contribution in [0.4, 0.5) is 0 Å². The fraction of sp³-hybridized carbons (Fsp3) is 0.200. The molecular weight excluding hydrogens is 200 g/mol. The van der Waals surface area contributed by atoms with Crippen LogP contribution in [0.1, 0.15) is 13.8 Å². The summed E-state index contributed by atoms with van der Waals surface area (Å²) < 4.78 is 4.20. The summed E-state index contributed by atoms with van der Waals surface area (Å²) in [5.41, 5.74) is 0. The van der Waals surface area contributed by atoms with E-state index in [2.05, 4.69) is 4.74 Å². The molecule has 0 aliphatic carbocycles. The second-order valence-electron chi connectivity index (χ2n) is 2.63. The van der Waals surface area contributed by atoms with Gasteiger partial charge in [0.25, 0.3) is 0 Å². The Labute approximate surface area is 86.4 Å². The molecule has 0 atom stereocenters. The Morgan fingerprint density at radius 3 is 1.33 bits per heavy atom. The summed E-state index contributed by atoms with van der Waals surface area (Å²) in [6.45, 7) is 2.50. The van der Waals surface area contributed by atoms with Crippen LogP contribution in [0, 0.1) is 0 Å². The van der Waals surface area contributed by atoms with E-state index < -0.39 is 11.9 Å². The lowest BCUT2D eigenvalue weighted by Crippen LogP contribution is -2.07. The third-order valence-electron chi connectivity index (χ3n) is 1.11. The fourth-order valence-electron chi connectivity index (χ4n) is 0.538. The fourth-order valence-corrected chi connectivity index (χ4v) is 0.538. The van der Waals surface area contributed by atoms with Crippen molar-refractivity contribution in [1.82, 2.24) is 0 Å². The van der Waals surface area contributed by atoms with Gasteiger partial charge in [-0.25, -0.2) is 9.59 Å². The molecule has 0 spiro atoms. The number of esters is 2. The molecule has 0 heterocycles. The lowest BCUT2D eigenvalue weighted by Gasteiger charge is -1.92. The zero-order valence-corrected chi connectivity index (χ0v) is 8.35. The Balaban J connectivity index is 4.14. The Morgan fingerprint density at radius 1 is 0.733 bits per heavy atom. The van der Waals surface area contributed by atoms with Crippen molar-refractivity contribution in [3.05, 3.63) is 24.3 Å². The lowest BCUT2D eigenvalue weighted by atomic mass is 10.4. The van der Waals surface area contributed by atoms with E-state index in [0.717, 1.165) is 24.3 Å². The molecule has 0 fully saturated rings. The van der Waals surface area contributed by atoms with Crippen molar-refractivity contribution in [2.24, 2.45) is 0 Å². The van der Waals surface area contributed by atoms with Gasteiger partial charge in [0, 0.05) is 12.2 Å². The average Bonchev–Trinajstić information content (AvgIpc) is 2.11. The molecule has 0 aliphatic heterocycles. The van der Waals surface area contributed by atoms with Crippen LogP contribution >= 0.6 is 0 Å². The van der Waals surface area contributed by atoms with Crippen LogP contribution in [0.5, 0.6) is 0 Å². The first-order valence-electron chi connectivity index (χ1n) is 4.05. The largest absolute Gasteiger partial charge is 0.387 e. The van der Waals surface area contributed by atoms with E-state index in [-0.39, 0.29) is 11.6 Å². The number of ether oxygens (including phenoxy) is 1. The second kappa shape index (κ2) is 6.42. The number of hydrogen-bond acceptors (Lipinski definition) is 5. The van der Waals surface area contributed by atoms with Crippen molar-refractivity contribution in [1.29, 1.82) is 0 Å². The smallest absolute Gasteiger partial charge is 0.338 e. The molecule has 0 aromatic rings. The SMILES string of the molecule is CC(=O)C=CC(=O)OC(=O)C=CC(C)=O. The molecular formula is C10H10O5. The van der Waals surface area contributed by atoms with E-state index in [4.69, 9.17) is 0 Å². The van der Waals surface area contributed by atoms with Crippen molar-refractivity contribution in [3.8, 4) is 0 Å². The first-order chi connectivity index (χ1) is 6.91. The third kappa shape index (κ3) is 8.29. The van der Waals surface area contributed by atoms with E-state index in [1.54, 1.807) is 0 Å². The van der Waals surface area contributed by atoms with Crippen molar-refractivity contribution >= 4 is 23.5 Å². The molecule has 0 aromatic heterocycles. The van der Waals surface area contributed by atoms with Crippen LogP contribution < -0.4 is 0 Å². The summed E-state index contributed by atoms with van der Waals surface area (Å²) in [4.78, 5) is 42.4. The highest BCUT2D eigenvalue weighted by Crippen LogP contribution is 1.87. The monoisotopic (exact) mass is 210 g/mol. The zero-order chi connectivity index (χ0) is 11.8. The normalized spacial score (nSPS) is 10.5. The lowest BCUT2D eigenvalue weighted by molar-refractivity contribution is -0.152. The van der Waals surface area contributed by atoms with E-state index in [9.17, 15) is 19.2 Å². The molecule has 0 unspecified atom stereocenters. The number of carbonyl (C=O) groups is 4. The molecule has 0 aliphatic rings. The van der Waals surface area contributed by atoms with Gasteiger partial charge in [-0.3, -0.25) is 9.59 Å². The first-order valence-corrected chi connectivity index (χ1v) is 4.05. The van der Waals surface area contributed by atoms with Crippen LogP contribution in [-0.4, -0.2) is 23.5 Å². The van der Waals surface area contributed by atoms with Crippen molar-refractivity contribution in [3.63, 3.8) is 0 Å². The van der Waals surface area contributed by atoms with Crippen molar-refractivity contribution in [2.75, 3.05) is 0 Å². The second-order valence-corrected chi connectivity index (χ2v) is 2.63. The Morgan fingerprint density at radius 2 is 1.07 bits per heavy atom. The predicted octanol–water partition coefficient (Wildman–Crippen LogP) is 0.347. The summed E-state index contributed by atoms with van der Waals surface area (Å²) in [5, 5.41) is 0. The minimum atomic E-state index is -0.955. The summed E-state index contributed by atoms with van der Waals surface area (Å²) >= 11 is 0. The van der Waals surface area contributed by atoms with Crippen molar-refractivity contribution in [2.45, 2.75) is 13.8 Å². The minimum absolute atomic E-state index is 0.335. The van der Waals surface area contributed by atoms with Crippen LogP contribution in [0.2, 0.25) is 0 Å². The molecule has 0 N–H and O–H groups in total. The van der Waals surface area contributed by atoms with Gasteiger partial charge in [0.05, 0.1) is 0 Å². The predicted molar refractivity (Wildman–Crippen MR) is 50.7 cm³/mol. The molecule has 0 saturated heterocycles. The minimum Gasteiger partial charge on any atom is -0.387 e. The first kappa shape index (κ1) is 13.0. The van der Waals surface area contributed by atoms with Crippen LogP contribution in [0.15, 0.2) is 24.3 Å². The molecule has 0 amide bonds. The zero-order valence-electron chi connectivity index (χ0n) is 8.35. The van der Waals surface area contributed by atoms with E-state index in [1.165, 1.54) is 13.8 Å². The summed E-state index contributed by atoms with van der Waals surface area (Å²) in [6, 6.07) is 0. The molecule has 80 valence electrons. The molecule has 0 rings (SSSR count). The molecule has 0 saturated carbocycles. The van der Waals surface area contributed by atoms with E-state index >= 15 is 0 Å². The summed E-state index contributed by atoms with van der Waals surface area (Å²) in [5.74, 6) is -2.58. The summed E-state index contributed by atoms with van der Waals surface area (Å²) in [6.07, 6.45) is 3.62. The number of hydrogen-bond donors (Lipinski definition) is 0. The topological polar surface area (TPSA) is 77.5 Å². The van der Waals surface area contributed by atoms with Gasteiger partial charge < -0.3 is 4.74 Å². The van der Waals surface area contributed by atoms with Gasteiger partial charge in [0.1, 0.15) is 0 Å². The van der Waals surface area contributed by atoms with Gasteiger partial charge in [-0.1, -0.05) is 0 Å². The van der Waals surface area contributed by atoms with Crippen LogP contribution in [-0.2, 0) is 23.9 Å². The number of carbonyl (C=O) groups excluding carboxylic acids is 4. The maximum absolute atomic E-state index is 10.8. The average molecular weight is 210 g/mol. The number of allylic oxidation sites excluding steroid dienone is 2. The van der Waals surface area contributed by atoms with Gasteiger partial charge in [-0.2, -0.15) is 0 Å². The number of ketones is 2. The molecule has 0 bridgehead atoms. The quantitative estimate of drug-likeness (QED) is 0.380. The van der Waals surface area contributed by atoms with Gasteiger partial charge >= 0.3 is 11.9 Å². The highest BCUT2D eigenvalue weighted by atomic mass is 16.6. The Hall–Kier alpha value is -2.04. The van der Waals surface area contributed by atoms with Gasteiger partial charge in [-0.15, -0.1) is 0 Å². The van der Waals surface area contributed by atoms with Crippen LogP contribution in [0.25, 0.3) is 0 Å². The Bertz CT molecular complexity index is 315. The van der Waals surface area contributed by atoms with Crippen LogP contribution in [0.3, 0.4) is 0 Å². The highest BCUT2D eigenvalue weighted by Gasteiger charge is 2.03. The molecule has 0 aromatic carbocycles. The summed E-state index contributed by atoms with van der Waals surface area (Å²) in [7, 11) is 0. The highest BCUT2D eigenvalue weighted by molar-refractivity contribution is 6.02. The number of rotatable bonds is 4. The van der Waals surface area contributed by atoms with Gasteiger partial charge in [-0.05, 0) is 26.0 Å². The van der Waals surface area contributed by atoms with Gasteiger partial charge in [0.15, 0.2) is 11.6 Å². The standard InChI is InChI=1S/C10H10O5/c1-7(11)3-5-9(13)15-10(14)6-4-8(2)12/h3-6H,1-2H3. The van der Waals surface area contributed by atoms with E-state index in [1.807, 2.05) is 0 Å². The molecule has 5 heteroatoms. The molecule has 0 radical (unpaired) electrons. The third-order valence-corrected chi connectivity index (χ3v) is 1.11. The molecule has 5 nitrogen and oxygen atoms in total. The maximum atomic E-state index is 10.8. The maximum Gasteiger partial charge on any atom is 0.338 e. The van der Waals surface area contributed by atoms with Crippen molar-refractivity contribution < 1.29 is 23.9 Å². The molecule has 15 heavy (non-hydrogen) atoms. The van der Waals surface area contributed by atoms with E-state index in [0.29, 0.717) is 0 Å². The van der Waals surface area contributed by atoms with Gasteiger partial charge in [0.2, 0.25) is 0 Å².